The van der Waals surface area contributed by atoms with Gasteiger partial charge in [0.05, 0.1) is 17.7 Å². The first-order valence-corrected chi connectivity index (χ1v) is 10.5. The lowest BCUT2D eigenvalue weighted by atomic mass is 9.82. The molecule has 5 rings (SSSR count). The Labute approximate surface area is 176 Å². The number of rotatable bonds is 2. The molecule has 30 heavy (non-hydrogen) atoms. The van der Waals surface area contributed by atoms with Crippen LogP contribution in [0, 0.1) is 13.8 Å². The number of Topliss-reactive ketones (excluding diaryl/α,β-unsaturated/α-hetero) is 1. The maximum atomic E-state index is 12.7. The molecule has 5 nitrogen and oxygen atoms in total. The highest BCUT2D eigenvalue weighted by molar-refractivity contribution is 6.00. The van der Waals surface area contributed by atoms with Gasteiger partial charge in [0.2, 0.25) is 0 Å². The summed E-state index contributed by atoms with van der Waals surface area (Å²) in [4.78, 5) is 24.3. The molecule has 1 saturated heterocycles. The number of fused-ring (bicyclic) bond motifs is 1. The molecular formula is C25H25N3O2. The number of piperidine rings is 1. The number of carbonyl (C=O) groups is 1. The maximum absolute atomic E-state index is 12.7. The molecule has 1 aromatic heterocycles. The number of carbonyl (C=O) groups excluding carboxylic acids is 1. The normalized spacial score (nSPS) is 17.5. The highest BCUT2D eigenvalue weighted by Gasteiger charge is 2.43. The first-order valence-electron chi connectivity index (χ1n) is 10.5. The van der Waals surface area contributed by atoms with Gasteiger partial charge in [-0.2, -0.15) is 0 Å². The summed E-state index contributed by atoms with van der Waals surface area (Å²) in [5.74, 6) is 2.61. The minimum atomic E-state index is -0.399. The SMILES string of the molecule is Cc1ccc(-c2cc(N3CCC4(CC3)CC(=O)c3ccccc3O4)nc(C)n2)cc1. The van der Waals surface area contributed by atoms with Gasteiger partial charge in [0.15, 0.2) is 5.78 Å². The van der Waals surface area contributed by atoms with Crippen molar-refractivity contribution in [2.75, 3.05) is 18.0 Å². The molecule has 2 aliphatic heterocycles. The molecule has 0 atom stereocenters. The van der Waals surface area contributed by atoms with E-state index < -0.39 is 5.60 Å². The molecule has 0 radical (unpaired) electrons. The topological polar surface area (TPSA) is 55.3 Å². The van der Waals surface area contributed by atoms with E-state index in [0.29, 0.717) is 12.0 Å². The van der Waals surface area contributed by atoms with Crippen LogP contribution in [0.1, 0.15) is 41.0 Å². The fraction of sp³-hybridized carbons (Fsp3) is 0.320. The Hall–Kier alpha value is -3.21. The lowest BCUT2D eigenvalue weighted by Crippen LogP contribution is -2.51. The number of hydrogen-bond donors (Lipinski definition) is 0. The summed E-state index contributed by atoms with van der Waals surface area (Å²) in [5.41, 5.74) is 3.58. The number of hydrogen-bond acceptors (Lipinski definition) is 5. The zero-order valence-corrected chi connectivity index (χ0v) is 17.4. The largest absolute Gasteiger partial charge is 0.486 e. The minimum Gasteiger partial charge on any atom is -0.486 e. The van der Waals surface area contributed by atoms with Crippen LogP contribution < -0.4 is 9.64 Å². The second-order valence-electron chi connectivity index (χ2n) is 8.39. The number of aromatic nitrogens is 2. The lowest BCUT2D eigenvalue weighted by Gasteiger charge is -2.44. The highest BCUT2D eigenvalue weighted by atomic mass is 16.5. The summed E-state index contributed by atoms with van der Waals surface area (Å²) in [6, 6.07) is 18.1. The van der Waals surface area contributed by atoms with Gasteiger partial charge in [-0.3, -0.25) is 4.79 Å². The van der Waals surface area contributed by atoms with Crippen molar-refractivity contribution in [3.05, 3.63) is 71.5 Å². The molecule has 5 heteroatoms. The third-order valence-electron chi connectivity index (χ3n) is 6.17. The van der Waals surface area contributed by atoms with Crippen molar-refractivity contribution in [1.82, 2.24) is 9.97 Å². The zero-order chi connectivity index (χ0) is 20.7. The number of ether oxygens (including phenoxy) is 1. The van der Waals surface area contributed by atoms with E-state index in [-0.39, 0.29) is 5.78 Å². The average molecular weight is 399 g/mol. The fourth-order valence-electron chi connectivity index (χ4n) is 4.45. The average Bonchev–Trinajstić information content (AvgIpc) is 2.74. The molecule has 3 heterocycles. The van der Waals surface area contributed by atoms with Crippen LogP contribution in [0.2, 0.25) is 0 Å². The molecule has 1 spiro atoms. The molecule has 2 aromatic carbocycles. The molecule has 3 aromatic rings. The Morgan fingerprint density at radius 3 is 2.47 bits per heavy atom. The summed E-state index contributed by atoms with van der Waals surface area (Å²) in [6.45, 7) is 5.63. The molecule has 2 aliphatic rings. The van der Waals surface area contributed by atoms with Gasteiger partial charge < -0.3 is 9.64 Å². The van der Waals surface area contributed by atoms with Gasteiger partial charge in [-0.15, -0.1) is 0 Å². The molecule has 0 unspecified atom stereocenters. The Balaban J connectivity index is 1.36. The van der Waals surface area contributed by atoms with E-state index in [0.717, 1.165) is 54.6 Å². The van der Waals surface area contributed by atoms with Crippen molar-refractivity contribution >= 4 is 11.6 Å². The van der Waals surface area contributed by atoms with E-state index in [1.165, 1.54) is 5.56 Å². The van der Waals surface area contributed by atoms with Crippen LogP contribution in [-0.2, 0) is 0 Å². The smallest absolute Gasteiger partial charge is 0.170 e. The van der Waals surface area contributed by atoms with Crippen molar-refractivity contribution in [1.29, 1.82) is 0 Å². The molecule has 0 amide bonds. The van der Waals surface area contributed by atoms with Crippen LogP contribution in [0.5, 0.6) is 5.75 Å². The molecule has 0 saturated carbocycles. The van der Waals surface area contributed by atoms with E-state index in [2.05, 4.69) is 47.1 Å². The summed E-state index contributed by atoms with van der Waals surface area (Å²) < 4.78 is 6.36. The Kier molecular flexibility index (Phi) is 4.54. The zero-order valence-electron chi connectivity index (χ0n) is 17.4. The van der Waals surface area contributed by atoms with Crippen molar-refractivity contribution in [2.24, 2.45) is 0 Å². The van der Waals surface area contributed by atoms with Crippen molar-refractivity contribution in [3.8, 4) is 17.0 Å². The van der Waals surface area contributed by atoms with Crippen LogP contribution in [0.15, 0.2) is 54.6 Å². The summed E-state index contributed by atoms with van der Waals surface area (Å²) >= 11 is 0. The number of aryl methyl sites for hydroxylation is 2. The van der Waals surface area contributed by atoms with Gasteiger partial charge in [0, 0.05) is 37.6 Å². The van der Waals surface area contributed by atoms with E-state index in [9.17, 15) is 4.79 Å². The Morgan fingerprint density at radius 2 is 1.70 bits per heavy atom. The minimum absolute atomic E-state index is 0.185. The highest BCUT2D eigenvalue weighted by Crippen LogP contribution is 2.40. The Bertz CT molecular complexity index is 1100. The summed E-state index contributed by atoms with van der Waals surface area (Å²) in [6.07, 6.45) is 2.06. The van der Waals surface area contributed by atoms with Crippen LogP contribution >= 0.6 is 0 Å². The quantitative estimate of drug-likeness (QED) is 0.622. The van der Waals surface area contributed by atoms with Gasteiger partial charge in [0.1, 0.15) is 23.0 Å². The predicted octanol–water partition coefficient (Wildman–Crippen LogP) is 4.76. The van der Waals surface area contributed by atoms with Crippen LogP contribution in [-0.4, -0.2) is 34.4 Å². The van der Waals surface area contributed by atoms with Gasteiger partial charge in [-0.05, 0) is 26.0 Å². The number of benzene rings is 2. The Morgan fingerprint density at radius 1 is 0.967 bits per heavy atom. The number of ketones is 1. The second kappa shape index (κ2) is 7.24. The van der Waals surface area contributed by atoms with Crippen LogP contribution in [0.4, 0.5) is 5.82 Å². The van der Waals surface area contributed by atoms with Gasteiger partial charge >= 0.3 is 0 Å². The third kappa shape index (κ3) is 3.45. The summed E-state index contributed by atoms with van der Waals surface area (Å²) in [5, 5.41) is 0. The summed E-state index contributed by atoms with van der Waals surface area (Å²) in [7, 11) is 0. The van der Waals surface area contributed by atoms with Crippen molar-refractivity contribution < 1.29 is 9.53 Å². The van der Waals surface area contributed by atoms with E-state index in [1.54, 1.807) is 0 Å². The third-order valence-corrected chi connectivity index (χ3v) is 6.17. The maximum Gasteiger partial charge on any atom is 0.170 e. The van der Waals surface area contributed by atoms with Crippen molar-refractivity contribution in [2.45, 2.75) is 38.7 Å². The van der Waals surface area contributed by atoms with Crippen molar-refractivity contribution in [3.63, 3.8) is 0 Å². The number of anilines is 1. The van der Waals surface area contributed by atoms with E-state index in [4.69, 9.17) is 9.72 Å². The monoisotopic (exact) mass is 399 g/mol. The molecule has 0 aliphatic carbocycles. The molecular weight excluding hydrogens is 374 g/mol. The molecule has 0 bridgehead atoms. The van der Waals surface area contributed by atoms with Gasteiger partial charge in [-0.1, -0.05) is 42.0 Å². The second-order valence-corrected chi connectivity index (χ2v) is 8.39. The number of para-hydroxylation sites is 1. The standard InChI is InChI=1S/C25H25N3O2/c1-17-7-9-19(10-8-17)21-15-24(27-18(2)26-21)28-13-11-25(12-14-28)16-22(29)20-5-3-4-6-23(20)30-25/h3-10,15H,11-14,16H2,1-2H3. The first kappa shape index (κ1) is 18.8. The lowest BCUT2D eigenvalue weighted by molar-refractivity contribution is 0.0231. The molecule has 152 valence electrons. The van der Waals surface area contributed by atoms with Gasteiger partial charge in [-0.25, -0.2) is 9.97 Å². The predicted molar refractivity (Wildman–Crippen MR) is 117 cm³/mol. The van der Waals surface area contributed by atoms with Gasteiger partial charge in [0.25, 0.3) is 0 Å². The van der Waals surface area contributed by atoms with E-state index >= 15 is 0 Å². The van der Waals surface area contributed by atoms with E-state index in [1.807, 2.05) is 31.2 Å². The first-order chi connectivity index (χ1) is 14.5. The molecule has 1 fully saturated rings. The number of nitrogens with zero attached hydrogens (tertiary/aromatic N) is 3. The van der Waals surface area contributed by atoms with Crippen LogP contribution in [0.25, 0.3) is 11.3 Å². The van der Waals surface area contributed by atoms with Crippen LogP contribution in [0.3, 0.4) is 0 Å². The molecule has 0 N–H and O–H groups in total. The fourth-order valence-corrected chi connectivity index (χ4v) is 4.45.